The van der Waals surface area contributed by atoms with Crippen molar-refractivity contribution in [3.63, 3.8) is 0 Å². The van der Waals surface area contributed by atoms with E-state index in [2.05, 4.69) is 34.5 Å². The topological polar surface area (TPSA) is 35.6 Å². The number of rotatable bonds is 7. The van der Waals surface area contributed by atoms with Crippen LogP contribution in [0.2, 0.25) is 5.02 Å². The number of nitrogens with zero attached hydrogens (tertiary/aromatic N) is 2. The first kappa shape index (κ1) is 19.5. The van der Waals surface area contributed by atoms with Gasteiger partial charge in [0.1, 0.15) is 0 Å². The van der Waals surface area contributed by atoms with Crippen LogP contribution in [0.5, 0.6) is 0 Å². The van der Waals surface area contributed by atoms with Crippen molar-refractivity contribution in [1.29, 1.82) is 0 Å². The van der Waals surface area contributed by atoms with Crippen molar-refractivity contribution in [2.45, 2.75) is 6.42 Å². The Morgan fingerprint density at radius 3 is 2.44 bits per heavy atom. The minimum Gasteiger partial charge on any atom is -0.383 e. The molecule has 2 aromatic rings. The molecule has 1 aliphatic heterocycles. The number of nitrogens with one attached hydrogen (secondary N) is 1. The van der Waals surface area contributed by atoms with Gasteiger partial charge in [-0.3, -0.25) is 9.69 Å². The van der Waals surface area contributed by atoms with E-state index in [1.54, 1.807) is 0 Å². The summed E-state index contributed by atoms with van der Waals surface area (Å²) in [6.07, 6.45) is 4.83. The maximum absolute atomic E-state index is 12.4. The second kappa shape index (κ2) is 10.1. The second-order valence-corrected chi connectivity index (χ2v) is 7.06. The number of hydrogen-bond donors (Lipinski definition) is 1. The highest BCUT2D eigenvalue weighted by molar-refractivity contribution is 6.33. The van der Waals surface area contributed by atoms with Gasteiger partial charge < -0.3 is 10.2 Å². The van der Waals surface area contributed by atoms with Gasteiger partial charge in [-0.2, -0.15) is 0 Å². The third-order valence-corrected chi connectivity index (χ3v) is 5.06. The standard InChI is InChI=1S/C22H26ClN3O/c23-20-10-4-5-11-21(20)24-13-12-22(27)26-17-15-25(16-18-26)14-6-9-19-7-2-1-3-8-19/h1-11,24H,12-18H2/b9-6+. The highest BCUT2D eigenvalue weighted by Gasteiger charge is 2.19. The Labute approximate surface area is 166 Å². The highest BCUT2D eigenvalue weighted by Crippen LogP contribution is 2.20. The molecule has 1 aliphatic rings. The number of amides is 1. The fourth-order valence-corrected chi connectivity index (χ4v) is 3.35. The Morgan fingerprint density at radius 1 is 1.00 bits per heavy atom. The first-order chi connectivity index (χ1) is 13.2. The molecule has 5 heteroatoms. The van der Waals surface area contributed by atoms with Crippen LogP contribution in [0.4, 0.5) is 5.69 Å². The summed E-state index contributed by atoms with van der Waals surface area (Å²) in [6.45, 7) is 4.95. The van der Waals surface area contributed by atoms with Gasteiger partial charge in [0.15, 0.2) is 0 Å². The Balaban J connectivity index is 1.35. The summed E-state index contributed by atoms with van der Waals surface area (Å²) in [5.41, 5.74) is 2.10. The van der Waals surface area contributed by atoms with Gasteiger partial charge in [-0.1, -0.05) is 66.2 Å². The van der Waals surface area contributed by atoms with Crippen LogP contribution in [-0.4, -0.2) is 55.0 Å². The Kier molecular flexibility index (Phi) is 7.31. The fourth-order valence-electron chi connectivity index (χ4n) is 3.15. The molecule has 0 aromatic heterocycles. The molecule has 27 heavy (non-hydrogen) atoms. The predicted octanol–water partition coefficient (Wildman–Crippen LogP) is 4.00. The monoisotopic (exact) mass is 383 g/mol. The van der Waals surface area contributed by atoms with E-state index in [0.29, 0.717) is 18.0 Å². The van der Waals surface area contributed by atoms with Crippen molar-refractivity contribution >= 4 is 29.3 Å². The normalized spacial score (nSPS) is 15.2. The fraction of sp³-hybridized carbons (Fsp3) is 0.318. The Morgan fingerprint density at radius 2 is 1.70 bits per heavy atom. The summed E-state index contributed by atoms with van der Waals surface area (Å²) >= 11 is 6.12. The summed E-state index contributed by atoms with van der Waals surface area (Å²) in [5, 5.41) is 3.92. The third kappa shape index (κ3) is 6.12. The molecule has 1 amide bonds. The van der Waals surface area contributed by atoms with Gasteiger partial charge in [0.2, 0.25) is 5.91 Å². The number of benzene rings is 2. The number of piperazine rings is 1. The zero-order valence-electron chi connectivity index (χ0n) is 15.5. The maximum Gasteiger partial charge on any atom is 0.224 e. The van der Waals surface area contributed by atoms with Crippen molar-refractivity contribution in [2.24, 2.45) is 0 Å². The quantitative estimate of drug-likeness (QED) is 0.784. The van der Waals surface area contributed by atoms with Crippen LogP contribution in [0.25, 0.3) is 6.08 Å². The van der Waals surface area contributed by atoms with E-state index >= 15 is 0 Å². The van der Waals surface area contributed by atoms with Gasteiger partial charge in [0, 0.05) is 45.7 Å². The summed E-state index contributed by atoms with van der Waals surface area (Å²) in [7, 11) is 0. The Hall–Kier alpha value is -2.30. The summed E-state index contributed by atoms with van der Waals surface area (Å²) in [6, 6.07) is 17.9. The van der Waals surface area contributed by atoms with Crippen LogP contribution in [0.1, 0.15) is 12.0 Å². The zero-order chi connectivity index (χ0) is 18.9. The molecule has 0 unspecified atom stereocenters. The van der Waals surface area contributed by atoms with E-state index in [1.165, 1.54) is 5.56 Å². The molecular formula is C22H26ClN3O. The van der Waals surface area contributed by atoms with Gasteiger partial charge in [-0.15, -0.1) is 0 Å². The molecule has 1 saturated heterocycles. The van der Waals surface area contributed by atoms with E-state index in [-0.39, 0.29) is 5.91 Å². The summed E-state index contributed by atoms with van der Waals surface area (Å²) in [4.78, 5) is 16.7. The third-order valence-electron chi connectivity index (χ3n) is 4.73. The molecule has 0 spiro atoms. The van der Waals surface area contributed by atoms with Crippen LogP contribution < -0.4 is 5.32 Å². The first-order valence-electron chi connectivity index (χ1n) is 9.42. The average Bonchev–Trinajstić information content (AvgIpc) is 2.71. The van der Waals surface area contributed by atoms with Crippen LogP contribution in [0.15, 0.2) is 60.7 Å². The number of para-hydroxylation sites is 1. The molecule has 142 valence electrons. The van der Waals surface area contributed by atoms with Gasteiger partial charge in [-0.25, -0.2) is 0 Å². The van der Waals surface area contributed by atoms with E-state index in [4.69, 9.17) is 11.6 Å². The smallest absolute Gasteiger partial charge is 0.224 e. The summed E-state index contributed by atoms with van der Waals surface area (Å²) in [5.74, 6) is 0.203. The largest absolute Gasteiger partial charge is 0.383 e. The van der Waals surface area contributed by atoms with Gasteiger partial charge in [0.25, 0.3) is 0 Å². The van der Waals surface area contributed by atoms with Crippen LogP contribution in [-0.2, 0) is 4.79 Å². The molecule has 0 bridgehead atoms. The average molecular weight is 384 g/mol. The molecule has 1 fully saturated rings. The van der Waals surface area contributed by atoms with E-state index in [9.17, 15) is 4.79 Å². The lowest BCUT2D eigenvalue weighted by Gasteiger charge is -2.34. The van der Waals surface area contributed by atoms with Crippen molar-refractivity contribution in [2.75, 3.05) is 44.6 Å². The van der Waals surface area contributed by atoms with Crippen LogP contribution in [0, 0.1) is 0 Å². The first-order valence-corrected chi connectivity index (χ1v) is 9.80. The highest BCUT2D eigenvalue weighted by atomic mass is 35.5. The lowest BCUT2D eigenvalue weighted by Crippen LogP contribution is -2.48. The molecule has 4 nitrogen and oxygen atoms in total. The molecule has 0 atom stereocenters. The SMILES string of the molecule is O=C(CCNc1ccccc1Cl)N1CCN(C/C=C/c2ccccc2)CC1. The maximum atomic E-state index is 12.4. The van der Waals surface area contributed by atoms with E-state index in [0.717, 1.165) is 38.4 Å². The molecule has 0 saturated carbocycles. The molecular weight excluding hydrogens is 358 g/mol. The number of hydrogen-bond acceptors (Lipinski definition) is 3. The predicted molar refractivity (Wildman–Crippen MR) is 113 cm³/mol. The van der Waals surface area contributed by atoms with Crippen molar-refractivity contribution in [3.05, 3.63) is 71.3 Å². The zero-order valence-corrected chi connectivity index (χ0v) is 16.2. The number of anilines is 1. The van der Waals surface area contributed by atoms with E-state index in [1.807, 2.05) is 47.4 Å². The minimum atomic E-state index is 0.203. The molecule has 3 rings (SSSR count). The molecule has 1 heterocycles. The van der Waals surface area contributed by atoms with Gasteiger partial charge in [-0.05, 0) is 17.7 Å². The lowest BCUT2D eigenvalue weighted by molar-refractivity contribution is -0.132. The molecule has 0 aliphatic carbocycles. The van der Waals surface area contributed by atoms with Crippen molar-refractivity contribution in [1.82, 2.24) is 9.80 Å². The van der Waals surface area contributed by atoms with Crippen molar-refractivity contribution < 1.29 is 4.79 Å². The number of halogens is 1. The lowest BCUT2D eigenvalue weighted by atomic mass is 10.2. The molecule has 2 aromatic carbocycles. The Bertz CT molecular complexity index is 755. The molecule has 1 N–H and O–H groups in total. The van der Waals surface area contributed by atoms with Crippen LogP contribution >= 0.6 is 11.6 Å². The molecule has 0 radical (unpaired) electrons. The van der Waals surface area contributed by atoms with E-state index < -0.39 is 0 Å². The minimum absolute atomic E-state index is 0.203. The van der Waals surface area contributed by atoms with Gasteiger partial charge >= 0.3 is 0 Å². The van der Waals surface area contributed by atoms with Gasteiger partial charge in [0.05, 0.1) is 10.7 Å². The number of carbonyl (C=O) groups is 1. The number of carbonyl (C=O) groups excluding carboxylic acids is 1. The second-order valence-electron chi connectivity index (χ2n) is 6.65. The van der Waals surface area contributed by atoms with Crippen molar-refractivity contribution in [3.8, 4) is 0 Å². The van der Waals surface area contributed by atoms with Crippen LogP contribution in [0.3, 0.4) is 0 Å². The summed E-state index contributed by atoms with van der Waals surface area (Å²) < 4.78 is 0.